The number of nitrogens with one attached hydrogen (secondary N) is 1. The van der Waals surface area contributed by atoms with E-state index in [0.717, 1.165) is 12.1 Å². The van der Waals surface area contributed by atoms with Gasteiger partial charge in [-0.2, -0.15) is 0 Å². The maximum atomic E-state index is 3.71. The largest absolute Gasteiger partial charge is 0.311 e. The molecule has 1 saturated heterocycles. The number of piperazine rings is 1. The van der Waals surface area contributed by atoms with Gasteiger partial charge in [-0.1, -0.05) is 43.2 Å². The first kappa shape index (κ1) is 12.2. The predicted molar refractivity (Wildman–Crippen MR) is 75.8 cm³/mol. The first-order chi connectivity index (χ1) is 8.93. The second kappa shape index (κ2) is 5.85. The molecule has 2 heteroatoms. The lowest BCUT2D eigenvalue weighted by atomic mass is 9.87. The van der Waals surface area contributed by atoms with Crippen LogP contribution in [0.5, 0.6) is 0 Å². The number of fused-ring (bicyclic) bond motifs is 1. The van der Waals surface area contributed by atoms with Gasteiger partial charge in [0.2, 0.25) is 0 Å². The van der Waals surface area contributed by atoms with E-state index in [0.29, 0.717) is 0 Å². The SMILES string of the molecule is c1ccc(CCN2CCN[C@H]3CCCC[C@@H]32)cc1. The lowest BCUT2D eigenvalue weighted by molar-refractivity contribution is 0.0893. The molecule has 2 fully saturated rings. The Morgan fingerprint density at radius 3 is 2.83 bits per heavy atom. The highest BCUT2D eigenvalue weighted by atomic mass is 15.2. The van der Waals surface area contributed by atoms with Gasteiger partial charge in [-0.25, -0.2) is 0 Å². The zero-order valence-electron chi connectivity index (χ0n) is 11.1. The summed E-state index contributed by atoms with van der Waals surface area (Å²) in [4.78, 5) is 2.73. The first-order valence-electron chi connectivity index (χ1n) is 7.45. The molecular formula is C16H24N2. The van der Waals surface area contributed by atoms with E-state index in [9.17, 15) is 0 Å². The Hall–Kier alpha value is -0.860. The van der Waals surface area contributed by atoms with Crippen molar-refractivity contribution < 1.29 is 0 Å². The Labute approximate surface area is 110 Å². The van der Waals surface area contributed by atoms with Gasteiger partial charge in [-0.05, 0) is 24.8 Å². The van der Waals surface area contributed by atoms with E-state index in [-0.39, 0.29) is 0 Å². The van der Waals surface area contributed by atoms with Crippen LogP contribution < -0.4 is 5.32 Å². The fourth-order valence-electron chi connectivity index (χ4n) is 3.54. The van der Waals surface area contributed by atoms with Crippen LogP contribution in [0.2, 0.25) is 0 Å². The van der Waals surface area contributed by atoms with E-state index < -0.39 is 0 Å². The smallest absolute Gasteiger partial charge is 0.0250 e. The molecule has 2 nitrogen and oxygen atoms in total. The minimum atomic E-state index is 0.767. The molecule has 1 N–H and O–H groups in total. The average Bonchev–Trinajstić information content (AvgIpc) is 2.46. The molecule has 1 aliphatic heterocycles. The molecule has 98 valence electrons. The normalized spacial score (nSPS) is 28.9. The Bertz CT molecular complexity index is 361. The Kier molecular flexibility index (Phi) is 3.96. The van der Waals surface area contributed by atoms with Crippen LogP contribution in [0.1, 0.15) is 31.2 Å². The topological polar surface area (TPSA) is 15.3 Å². The van der Waals surface area contributed by atoms with Gasteiger partial charge in [0.25, 0.3) is 0 Å². The summed E-state index contributed by atoms with van der Waals surface area (Å²) >= 11 is 0. The van der Waals surface area contributed by atoms with Crippen molar-refractivity contribution in [3.8, 4) is 0 Å². The second-order valence-corrected chi connectivity index (χ2v) is 5.68. The lowest BCUT2D eigenvalue weighted by Crippen LogP contribution is -2.59. The molecule has 1 saturated carbocycles. The molecule has 0 radical (unpaired) electrons. The summed E-state index contributed by atoms with van der Waals surface area (Å²) in [5.74, 6) is 0. The van der Waals surface area contributed by atoms with E-state index in [1.807, 2.05) is 0 Å². The Morgan fingerprint density at radius 2 is 1.94 bits per heavy atom. The number of hydrogen-bond acceptors (Lipinski definition) is 2. The second-order valence-electron chi connectivity index (χ2n) is 5.68. The van der Waals surface area contributed by atoms with E-state index in [2.05, 4.69) is 40.5 Å². The van der Waals surface area contributed by atoms with Gasteiger partial charge in [-0.3, -0.25) is 4.90 Å². The summed E-state index contributed by atoms with van der Waals surface area (Å²) in [6, 6.07) is 12.5. The number of nitrogens with zero attached hydrogens (tertiary/aromatic N) is 1. The predicted octanol–water partition coefficient (Wildman–Crippen LogP) is 2.45. The van der Waals surface area contributed by atoms with E-state index >= 15 is 0 Å². The van der Waals surface area contributed by atoms with Crippen molar-refractivity contribution in [3.05, 3.63) is 35.9 Å². The van der Waals surface area contributed by atoms with Gasteiger partial charge in [0.05, 0.1) is 0 Å². The third-order valence-corrected chi connectivity index (χ3v) is 4.53. The van der Waals surface area contributed by atoms with Gasteiger partial charge < -0.3 is 5.32 Å². The van der Waals surface area contributed by atoms with E-state index in [4.69, 9.17) is 0 Å². The number of rotatable bonds is 3. The summed E-state index contributed by atoms with van der Waals surface area (Å²) in [5, 5.41) is 3.71. The van der Waals surface area contributed by atoms with Gasteiger partial charge in [0.1, 0.15) is 0 Å². The fourth-order valence-corrected chi connectivity index (χ4v) is 3.54. The molecule has 1 aromatic rings. The van der Waals surface area contributed by atoms with Gasteiger partial charge in [0, 0.05) is 31.7 Å². The van der Waals surface area contributed by atoms with Crippen molar-refractivity contribution in [1.82, 2.24) is 10.2 Å². The molecule has 18 heavy (non-hydrogen) atoms. The van der Waals surface area contributed by atoms with Crippen LogP contribution in [0.4, 0.5) is 0 Å². The zero-order chi connectivity index (χ0) is 12.2. The van der Waals surface area contributed by atoms with Gasteiger partial charge in [0.15, 0.2) is 0 Å². The number of hydrogen-bond donors (Lipinski definition) is 1. The Morgan fingerprint density at radius 1 is 1.11 bits per heavy atom. The number of benzene rings is 1. The molecule has 1 aromatic carbocycles. The molecule has 0 unspecified atom stereocenters. The third kappa shape index (κ3) is 2.76. The maximum absolute atomic E-state index is 3.71. The van der Waals surface area contributed by atoms with Gasteiger partial charge in [-0.15, -0.1) is 0 Å². The standard InChI is InChI=1S/C16H24N2/c1-2-6-14(7-3-1)10-12-18-13-11-17-15-8-4-5-9-16(15)18/h1-3,6-7,15-17H,4-5,8-13H2/t15-,16-/m0/s1. The summed E-state index contributed by atoms with van der Waals surface area (Å²) in [7, 11) is 0. The van der Waals surface area contributed by atoms with Crippen molar-refractivity contribution in [2.24, 2.45) is 0 Å². The highest BCUT2D eigenvalue weighted by molar-refractivity contribution is 5.15. The van der Waals surface area contributed by atoms with E-state index in [1.165, 1.54) is 57.3 Å². The molecule has 2 aliphatic rings. The quantitative estimate of drug-likeness (QED) is 0.878. The molecule has 0 bridgehead atoms. The Balaban J connectivity index is 1.58. The summed E-state index contributed by atoms with van der Waals surface area (Å²) in [6.45, 7) is 3.64. The minimum Gasteiger partial charge on any atom is -0.311 e. The minimum absolute atomic E-state index is 0.767. The molecule has 2 atom stereocenters. The van der Waals surface area contributed by atoms with Crippen molar-refractivity contribution in [2.45, 2.75) is 44.2 Å². The molecule has 0 aromatic heterocycles. The molecule has 3 rings (SSSR count). The van der Waals surface area contributed by atoms with Crippen LogP contribution in [-0.4, -0.2) is 36.6 Å². The molecule has 1 aliphatic carbocycles. The first-order valence-corrected chi connectivity index (χ1v) is 7.45. The van der Waals surface area contributed by atoms with Crippen molar-refractivity contribution in [3.63, 3.8) is 0 Å². The highest BCUT2D eigenvalue weighted by Crippen LogP contribution is 2.25. The lowest BCUT2D eigenvalue weighted by Gasteiger charge is -2.44. The summed E-state index contributed by atoms with van der Waals surface area (Å²) in [6.07, 6.45) is 6.81. The van der Waals surface area contributed by atoms with Gasteiger partial charge >= 0.3 is 0 Å². The van der Waals surface area contributed by atoms with Crippen LogP contribution in [0.3, 0.4) is 0 Å². The van der Waals surface area contributed by atoms with Crippen molar-refractivity contribution in [2.75, 3.05) is 19.6 Å². The highest BCUT2D eigenvalue weighted by Gasteiger charge is 2.32. The average molecular weight is 244 g/mol. The molecule has 1 heterocycles. The van der Waals surface area contributed by atoms with E-state index in [1.54, 1.807) is 0 Å². The van der Waals surface area contributed by atoms with Crippen molar-refractivity contribution in [1.29, 1.82) is 0 Å². The zero-order valence-corrected chi connectivity index (χ0v) is 11.1. The van der Waals surface area contributed by atoms with Crippen LogP contribution in [-0.2, 0) is 6.42 Å². The summed E-state index contributed by atoms with van der Waals surface area (Å²) < 4.78 is 0. The third-order valence-electron chi connectivity index (χ3n) is 4.53. The maximum Gasteiger partial charge on any atom is 0.0250 e. The van der Waals surface area contributed by atoms with Crippen LogP contribution in [0, 0.1) is 0 Å². The fraction of sp³-hybridized carbons (Fsp3) is 0.625. The van der Waals surface area contributed by atoms with Crippen LogP contribution in [0.25, 0.3) is 0 Å². The molecule has 0 spiro atoms. The van der Waals surface area contributed by atoms with Crippen molar-refractivity contribution >= 4 is 0 Å². The summed E-state index contributed by atoms with van der Waals surface area (Å²) in [5.41, 5.74) is 1.48. The van der Waals surface area contributed by atoms with Crippen LogP contribution in [0.15, 0.2) is 30.3 Å². The van der Waals surface area contributed by atoms with Crippen LogP contribution >= 0.6 is 0 Å². The molecular weight excluding hydrogens is 220 g/mol. The monoisotopic (exact) mass is 244 g/mol. The molecule has 0 amide bonds.